The van der Waals surface area contributed by atoms with Gasteiger partial charge in [-0.25, -0.2) is 18.7 Å². The Kier molecular flexibility index (Phi) is 6.28. The maximum Gasteiger partial charge on any atom is 0.257 e. The number of carbonyl (C=O) groups is 1. The summed E-state index contributed by atoms with van der Waals surface area (Å²) in [4.78, 5) is 24.3. The highest BCUT2D eigenvalue weighted by atomic mass is 32.1. The topological polar surface area (TPSA) is 90.1 Å². The molecule has 1 unspecified atom stereocenters. The number of anilines is 2. The zero-order chi connectivity index (χ0) is 27.2. The Morgan fingerprint density at radius 1 is 1.10 bits per heavy atom. The number of amides is 1. The summed E-state index contributed by atoms with van der Waals surface area (Å²) >= 11 is 1.31. The molecule has 5 heterocycles. The van der Waals surface area contributed by atoms with Crippen molar-refractivity contribution in [2.75, 3.05) is 36.5 Å². The van der Waals surface area contributed by atoms with Crippen LogP contribution in [-0.4, -0.2) is 56.5 Å². The molecule has 9 nitrogen and oxygen atoms in total. The lowest BCUT2D eigenvalue weighted by atomic mass is 10.0. The fraction of sp³-hybridized carbons (Fsp3) is 0.286. The van der Waals surface area contributed by atoms with Crippen molar-refractivity contribution in [2.45, 2.75) is 25.4 Å². The van der Waals surface area contributed by atoms with Crippen LogP contribution in [0.2, 0.25) is 0 Å². The minimum Gasteiger partial charge on any atom is -0.378 e. The van der Waals surface area contributed by atoms with Crippen LogP contribution in [0.5, 0.6) is 0 Å². The van der Waals surface area contributed by atoms with Gasteiger partial charge in [-0.15, -0.1) is 11.3 Å². The SMILES string of the molecule is O=C(Nc1nccs1)C(c1ncn2c1CCC2)n1cc2c(F)cc(-c3cccc(F)c3N3CCOCC3)cc2n1. The minimum atomic E-state index is -0.924. The fourth-order valence-electron chi connectivity index (χ4n) is 5.61. The van der Waals surface area contributed by atoms with Gasteiger partial charge in [0.05, 0.1) is 41.8 Å². The van der Waals surface area contributed by atoms with Crippen LogP contribution in [-0.2, 0) is 22.5 Å². The van der Waals surface area contributed by atoms with Crippen molar-refractivity contribution in [3.05, 3.63) is 77.5 Å². The normalized spacial score (nSPS) is 15.9. The van der Waals surface area contributed by atoms with Gasteiger partial charge >= 0.3 is 0 Å². The number of benzene rings is 2. The molecule has 40 heavy (non-hydrogen) atoms. The number of rotatable bonds is 6. The Morgan fingerprint density at radius 2 is 1.98 bits per heavy atom. The third-order valence-electron chi connectivity index (χ3n) is 7.44. The van der Waals surface area contributed by atoms with Gasteiger partial charge in [-0.1, -0.05) is 12.1 Å². The zero-order valence-electron chi connectivity index (χ0n) is 21.4. The molecule has 1 amide bonds. The van der Waals surface area contributed by atoms with E-state index < -0.39 is 11.9 Å². The van der Waals surface area contributed by atoms with E-state index >= 15 is 8.78 Å². The van der Waals surface area contributed by atoms with E-state index in [0.29, 0.717) is 59.5 Å². The van der Waals surface area contributed by atoms with E-state index in [0.717, 1.165) is 25.1 Å². The second-order valence-electron chi connectivity index (χ2n) is 9.84. The first kappa shape index (κ1) is 24.9. The number of aryl methyl sites for hydroxylation is 1. The largest absolute Gasteiger partial charge is 0.378 e. The average molecular weight is 562 g/mol. The number of halogens is 2. The van der Waals surface area contributed by atoms with Gasteiger partial charge in [-0.2, -0.15) is 5.10 Å². The predicted molar refractivity (Wildman–Crippen MR) is 148 cm³/mol. The van der Waals surface area contributed by atoms with Crippen LogP contribution in [0.3, 0.4) is 0 Å². The highest BCUT2D eigenvalue weighted by Crippen LogP contribution is 2.37. The van der Waals surface area contributed by atoms with Crippen LogP contribution in [0.4, 0.5) is 19.6 Å². The number of hydrogen-bond acceptors (Lipinski definition) is 7. The van der Waals surface area contributed by atoms with Crippen molar-refractivity contribution in [1.29, 1.82) is 0 Å². The Morgan fingerprint density at radius 3 is 2.80 bits per heavy atom. The second kappa shape index (κ2) is 10.1. The van der Waals surface area contributed by atoms with Gasteiger partial charge in [0.2, 0.25) is 0 Å². The summed E-state index contributed by atoms with van der Waals surface area (Å²) in [5.41, 5.74) is 3.40. The Labute approximate surface area is 232 Å². The molecule has 1 fully saturated rings. The molecule has 2 aliphatic heterocycles. The summed E-state index contributed by atoms with van der Waals surface area (Å²) in [5.74, 6) is -1.25. The predicted octanol–water partition coefficient (Wildman–Crippen LogP) is 4.65. The minimum absolute atomic E-state index is 0.260. The molecule has 0 spiro atoms. The molecule has 0 saturated carbocycles. The first-order valence-corrected chi connectivity index (χ1v) is 14.0. The lowest BCUT2D eigenvalue weighted by Crippen LogP contribution is -2.37. The molecule has 7 rings (SSSR count). The summed E-state index contributed by atoms with van der Waals surface area (Å²) in [6.45, 7) is 2.90. The standard InChI is InChI=1S/C28H25F2N7O2S/c29-20-4-1-3-18(25(20)35-8-10-39-11-9-35)17-13-21(30)19-15-37(34-22(19)14-17)26(27(38)33-28-31-6-12-40-28)24-23-5-2-7-36(23)16-32-24/h1,3-4,6,12-16,26H,2,5,7-11H2,(H,31,33,38). The van der Waals surface area contributed by atoms with Gasteiger partial charge in [0.25, 0.3) is 5.91 Å². The van der Waals surface area contributed by atoms with Crippen molar-refractivity contribution in [3.63, 3.8) is 0 Å². The van der Waals surface area contributed by atoms with E-state index in [2.05, 4.69) is 20.4 Å². The van der Waals surface area contributed by atoms with Crippen molar-refractivity contribution in [1.82, 2.24) is 24.3 Å². The van der Waals surface area contributed by atoms with Crippen LogP contribution >= 0.6 is 11.3 Å². The Hall–Kier alpha value is -4.16. The monoisotopic (exact) mass is 561 g/mol. The molecule has 2 aliphatic rings. The molecule has 0 aliphatic carbocycles. The molecule has 204 valence electrons. The number of imidazole rings is 1. The van der Waals surface area contributed by atoms with Crippen LogP contribution < -0.4 is 10.2 Å². The van der Waals surface area contributed by atoms with Crippen LogP contribution in [0.15, 0.2) is 54.4 Å². The van der Waals surface area contributed by atoms with E-state index in [1.807, 2.05) is 9.47 Å². The fourth-order valence-corrected chi connectivity index (χ4v) is 6.14. The van der Waals surface area contributed by atoms with Crippen molar-refractivity contribution < 1.29 is 18.3 Å². The van der Waals surface area contributed by atoms with E-state index in [1.54, 1.807) is 36.1 Å². The van der Waals surface area contributed by atoms with Crippen molar-refractivity contribution >= 4 is 39.0 Å². The molecule has 1 atom stereocenters. The molecule has 2 aromatic carbocycles. The van der Waals surface area contributed by atoms with Gasteiger partial charge in [-0.3, -0.25) is 14.8 Å². The number of ether oxygens (including phenoxy) is 1. The van der Waals surface area contributed by atoms with Crippen LogP contribution in [0.25, 0.3) is 22.0 Å². The highest BCUT2D eigenvalue weighted by Gasteiger charge is 2.32. The molecule has 0 bridgehead atoms. The summed E-state index contributed by atoms with van der Waals surface area (Å²) in [7, 11) is 0. The lowest BCUT2D eigenvalue weighted by Gasteiger charge is -2.31. The number of hydrogen-bond donors (Lipinski definition) is 1. The third kappa shape index (κ3) is 4.33. The Bertz CT molecular complexity index is 1710. The molecule has 3 aromatic heterocycles. The number of fused-ring (bicyclic) bond motifs is 2. The molecule has 1 N–H and O–H groups in total. The van der Waals surface area contributed by atoms with Crippen LogP contribution in [0.1, 0.15) is 23.9 Å². The lowest BCUT2D eigenvalue weighted by molar-refractivity contribution is -0.118. The number of thiazole rings is 1. The molecular formula is C28H25F2N7O2S. The van der Waals surface area contributed by atoms with Gasteiger partial charge in [-0.05, 0) is 36.6 Å². The number of morpholine rings is 1. The maximum absolute atomic E-state index is 15.6. The Balaban J connectivity index is 1.32. The number of aromatic nitrogens is 5. The first-order chi connectivity index (χ1) is 19.6. The first-order valence-electron chi connectivity index (χ1n) is 13.1. The van der Waals surface area contributed by atoms with Crippen molar-refractivity contribution in [2.24, 2.45) is 0 Å². The maximum atomic E-state index is 15.6. The molecule has 1 saturated heterocycles. The van der Waals surface area contributed by atoms with Crippen molar-refractivity contribution in [3.8, 4) is 11.1 Å². The summed E-state index contributed by atoms with van der Waals surface area (Å²) in [5, 5.41) is 10.0. The number of nitrogens with one attached hydrogen (secondary N) is 1. The summed E-state index contributed by atoms with van der Waals surface area (Å²) < 4.78 is 39.7. The van der Waals surface area contributed by atoms with Crippen LogP contribution in [0, 0.1) is 11.6 Å². The smallest absolute Gasteiger partial charge is 0.257 e. The number of carbonyl (C=O) groups excluding carboxylic acids is 1. The number of nitrogens with zero attached hydrogens (tertiary/aromatic N) is 6. The zero-order valence-corrected chi connectivity index (χ0v) is 22.2. The quantitative estimate of drug-likeness (QED) is 0.325. The molecule has 0 radical (unpaired) electrons. The molecule has 12 heteroatoms. The van der Waals surface area contributed by atoms with Gasteiger partial charge in [0.1, 0.15) is 11.6 Å². The van der Waals surface area contributed by atoms with E-state index in [1.165, 1.54) is 34.3 Å². The summed E-state index contributed by atoms with van der Waals surface area (Å²) in [6.07, 6.45) is 6.64. The summed E-state index contributed by atoms with van der Waals surface area (Å²) in [6, 6.07) is 7.02. The van der Waals surface area contributed by atoms with Gasteiger partial charge in [0, 0.05) is 48.7 Å². The van der Waals surface area contributed by atoms with Gasteiger partial charge < -0.3 is 14.2 Å². The van der Waals surface area contributed by atoms with Gasteiger partial charge in [0.15, 0.2) is 11.2 Å². The average Bonchev–Trinajstić information content (AvgIpc) is 3.76. The van der Waals surface area contributed by atoms with E-state index in [4.69, 9.17) is 4.74 Å². The number of para-hydroxylation sites is 1. The molecule has 5 aromatic rings. The third-order valence-corrected chi connectivity index (χ3v) is 8.13. The van der Waals surface area contributed by atoms with E-state index in [9.17, 15) is 4.79 Å². The molecular weight excluding hydrogens is 536 g/mol. The second-order valence-corrected chi connectivity index (χ2v) is 10.7. The highest BCUT2D eigenvalue weighted by molar-refractivity contribution is 7.13. The van der Waals surface area contributed by atoms with E-state index in [-0.39, 0.29) is 17.1 Å².